The lowest BCUT2D eigenvalue weighted by Gasteiger charge is -2.29. The molecule has 0 aliphatic carbocycles. The average molecular weight is 268 g/mol. The summed E-state index contributed by atoms with van der Waals surface area (Å²) in [6.07, 6.45) is 0.427. The fourth-order valence-electron chi connectivity index (χ4n) is 1.52. The molecule has 1 aromatic rings. The number of urea groups is 1. The summed E-state index contributed by atoms with van der Waals surface area (Å²) in [5.41, 5.74) is -0.407. The van der Waals surface area contributed by atoms with Crippen molar-refractivity contribution in [1.82, 2.24) is 5.32 Å². The zero-order valence-corrected chi connectivity index (χ0v) is 11.1. The number of ether oxygens (including phenoxy) is 1. The molecule has 0 fully saturated rings. The fourth-order valence-corrected chi connectivity index (χ4v) is 1.52. The predicted molar refractivity (Wildman–Crippen MR) is 72.3 cm³/mol. The van der Waals surface area contributed by atoms with E-state index in [2.05, 4.69) is 10.6 Å². The minimum absolute atomic E-state index is 0.323. The van der Waals surface area contributed by atoms with Crippen LogP contribution in [-0.2, 0) is 0 Å². The van der Waals surface area contributed by atoms with Crippen LogP contribution in [0.5, 0.6) is 5.75 Å². The first-order chi connectivity index (χ1) is 9.09. The minimum atomic E-state index is -1.00. The van der Waals surface area contributed by atoms with E-state index in [0.29, 0.717) is 17.9 Å². The maximum absolute atomic E-state index is 11.8. The van der Waals surface area contributed by atoms with Crippen LogP contribution in [0.25, 0.3) is 0 Å². The maximum atomic E-state index is 11.8. The summed E-state index contributed by atoms with van der Waals surface area (Å²) >= 11 is 0. The highest BCUT2D eigenvalue weighted by molar-refractivity contribution is 5.89. The zero-order chi connectivity index (χ0) is 14.3. The van der Waals surface area contributed by atoms with Crippen LogP contribution in [0.3, 0.4) is 0 Å². The number of benzene rings is 1. The zero-order valence-electron chi connectivity index (χ0n) is 11.1. The topological polar surface area (TPSA) is 90.8 Å². The van der Waals surface area contributed by atoms with E-state index >= 15 is 0 Å². The molecule has 0 atom stereocenters. The monoisotopic (exact) mass is 268 g/mol. The number of methoxy groups -OCH3 is 1. The van der Waals surface area contributed by atoms with E-state index < -0.39 is 11.6 Å². The summed E-state index contributed by atoms with van der Waals surface area (Å²) in [6, 6.07) is 6.37. The van der Waals surface area contributed by atoms with Gasteiger partial charge in [-0.15, -0.1) is 0 Å². The van der Waals surface area contributed by atoms with Gasteiger partial charge in [-0.1, -0.05) is 6.92 Å². The van der Waals surface area contributed by atoms with Gasteiger partial charge in [0.05, 0.1) is 25.9 Å². The SMILES string of the molecule is CCC(CO)(CO)NC(=O)Nc1ccc(OC)cc1. The Kier molecular flexibility index (Phi) is 5.59. The molecular formula is C13H20N2O4. The molecule has 19 heavy (non-hydrogen) atoms. The Balaban J connectivity index is 2.63. The van der Waals surface area contributed by atoms with Gasteiger partial charge in [-0.25, -0.2) is 4.79 Å². The van der Waals surface area contributed by atoms with Crippen molar-refractivity contribution in [2.24, 2.45) is 0 Å². The molecule has 0 aromatic heterocycles. The van der Waals surface area contributed by atoms with Crippen LogP contribution in [0, 0.1) is 0 Å². The third-order valence-electron chi connectivity index (χ3n) is 3.01. The fraction of sp³-hybridized carbons (Fsp3) is 0.462. The number of hydrogen-bond acceptors (Lipinski definition) is 4. The van der Waals surface area contributed by atoms with Gasteiger partial charge in [-0.2, -0.15) is 0 Å². The first kappa shape index (κ1) is 15.3. The standard InChI is InChI=1S/C13H20N2O4/c1-3-13(8-16,9-17)15-12(18)14-10-4-6-11(19-2)7-5-10/h4-7,16-17H,3,8-9H2,1-2H3,(H2,14,15,18). The van der Waals surface area contributed by atoms with Gasteiger partial charge in [0.25, 0.3) is 0 Å². The second kappa shape index (κ2) is 6.96. The third-order valence-corrected chi connectivity index (χ3v) is 3.01. The molecule has 1 aromatic carbocycles. The van der Waals surface area contributed by atoms with Crippen LogP contribution in [0.15, 0.2) is 24.3 Å². The van der Waals surface area contributed by atoms with Gasteiger partial charge >= 0.3 is 6.03 Å². The first-order valence-corrected chi connectivity index (χ1v) is 6.04. The van der Waals surface area contributed by atoms with Gasteiger partial charge in [0.2, 0.25) is 0 Å². The molecule has 0 saturated carbocycles. The van der Waals surface area contributed by atoms with Crippen molar-refractivity contribution in [3.8, 4) is 5.75 Å². The Morgan fingerprint density at radius 2 is 1.84 bits per heavy atom. The molecule has 0 radical (unpaired) electrons. The molecule has 1 rings (SSSR count). The minimum Gasteiger partial charge on any atom is -0.497 e. The number of carbonyl (C=O) groups excluding carboxylic acids is 1. The number of aliphatic hydroxyl groups is 2. The second-order valence-electron chi connectivity index (χ2n) is 4.26. The van der Waals surface area contributed by atoms with E-state index in [1.165, 1.54) is 0 Å². The molecule has 106 valence electrons. The molecule has 0 saturated heterocycles. The van der Waals surface area contributed by atoms with Crippen LogP contribution >= 0.6 is 0 Å². The van der Waals surface area contributed by atoms with Crippen LogP contribution < -0.4 is 15.4 Å². The normalized spacial score (nSPS) is 10.9. The van der Waals surface area contributed by atoms with Crippen molar-refractivity contribution in [2.45, 2.75) is 18.9 Å². The van der Waals surface area contributed by atoms with E-state index in [4.69, 9.17) is 4.74 Å². The average Bonchev–Trinajstić information content (AvgIpc) is 2.46. The molecule has 6 nitrogen and oxygen atoms in total. The van der Waals surface area contributed by atoms with Gasteiger partial charge in [0.1, 0.15) is 5.75 Å². The van der Waals surface area contributed by atoms with Crippen LogP contribution in [-0.4, -0.2) is 42.1 Å². The maximum Gasteiger partial charge on any atom is 0.319 e. The Hall–Kier alpha value is -1.79. The molecular weight excluding hydrogens is 248 g/mol. The summed E-state index contributed by atoms with van der Waals surface area (Å²) in [5.74, 6) is 0.694. The van der Waals surface area contributed by atoms with Gasteiger partial charge in [0, 0.05) is 5.69 Å². The summed E-state index contributed by atoms with van der Waals surface area (Å²) in [6.45, 7) is 1.13. The number of aliphatic hydroxyl groups excluding tert-OH is 2. The second-order valence-corrected chi connectivity index (χ2v) is 4.26. The van der Waals surface area contributed by atoms with E-state index in [1.807, 2.05) is 0 Å². The van der Waals surface area contributed by atoms with E-state index in [1.54, 1.807) is 38.3 Å². The number of nitrogens with one attached hydrogen (secondary N) is 2. The molecule has 6 heteroatoms. The molecule has 4 N–H and O–H groups in total. The summed E-state index contributed by atoms with van der Waals surface area (Å²) in [5, 5.41) is 23.7. The van der Waals surface area contributed by atoms with Crippen molar-refractivity contribution < 1.29 is 19.7 Å². The third kappa shape index (κ3) is 4.11. The van der Waals surface area contributed by atoms with Gasteiger partial charge < -0.3 is 25.6 Å². The highest BCUT2D eigenvalue weighted by Gasteiger charge is 2.28. The van der Waals surface area contributed by atoms with Crippen LogP contribution in [0.2, 0.25) is 0 Å². The summed E-state index contributed by atoms with van der Waals surface area (Å²) < 4.78 is 5.01. The molecule has 0 spiro atoms. The molecule has 2 amide bonds. The summed E-state index contributed by atoms with van der Waals surface area (Å²) in [4.78, 5) is 11.8. The van der Waals surface area contributed by atoms with Crippen molar-refractivity contribution >= 4 is 11.7 Å². The number of carbonyl (C=O) groups is 1. The van der Waals surface area contributed by atoms with Gasteiger partial charge in [0.15, 0.2) is 0 Å². The Labute approximate surface area is 112 Å². The molecule has 0 aliphatic rings. The Morgan fingerprint density at radius 3 is 2.26 bits per heavy atom. The van der Waals surface area contributed by atoms with E-state index in [-0.39, 0.29) is 13.2 Å². The highest BCUT2D eigenvalue weighted by atomic mass is 16.5. The van der Waals surface area contributed by atoms with E-state index in [0.717, 1.165) is 0 Å². The van der Waals surface area contributed by atoms with Gasteiger partial charge in [-0.05, 0) is 30.7 Å². The molecule has 0 heterocycles. The van der Waals surface area contributed by atoms with Crippen molar-refractivity contribution in [3.63, 3.8) is 0 Å². The Morgan fingerprint density at radius 1 is 1.26 bits per heavy atom. The number of hydrogen-bond donors (Lipinski definition) is 4. The van der Waals surface area contributed by atoms with Gasteiger partial charge in [-0.3, -0.25) is 0 Å². The Bertz CT molecular complexity index is 393. The van der Waals surface area contributed by atoms with E-state index in [9.17, 15) is 15.0 Å². The lowest BCUT2D eigenvalue weighted by molar-refractivity contribution is 0.0955. The van der Waals surface area contributed by atoms with Crippen molar-refractivity contribution in [1.29, 1.82) is 0 Å². The van der Waals surface area contributed by atoms with Crippen LogP contribution in [0.4, 0.5) is 10.5 Å². The highest BCUT2D eigenvalue weighted by Crippen LogP contribution is 2.15. The lowest BCUT2D eigenvalue weighted by Crippen LogP contribution is -2.55. The van der Waals surface area contributed by atoms with Crippen molar-refractivity contribution in [2.75, 3.05) is 25.6 Å². The van der Waals surface area contributed by atoms with Crippen LogP contribution in [0.1, 0.15) is 13.3 Å². The number of anilines is 1. The largest absolute Gasteiger partial charge is 0.497 e. The smallest absolute Gasteiger partial charge is 0.319 e. The molecule has 0 unspecified atom stereocenters. The number of amides is 2. The molecule has 0 bridgehead atoms. The predicted octanol–water partition coefficient (Wildman–Crippen LogP) is 0.950. The van der Waals surface area contributed by atoms with Crippen molar-refractivity contribution in [3.05, 3.63) is 24.3 Å². The quantitative estimate of drug-likeness (QED) is 0.618. The summed E-state index contributed by atoms with van der Waals surface area (Å²) in [7, 11) is 1.56. The lowest BCUT2D eigenvalue weighted by atomic mass is 9.99. The molecule has 0 aliphatic heterocycles. The number of rotatable bonds is 6. The first-order valence-electron chi connectivity index (χ1n) is 6.04.